The van der Waals surface area contributed by atoms with Gasteiger partial charge < -0.3 is 34.1 Å². The molecule has 2 aromatic rings. The van der Waals surface area contributed by atoms with E-state index in [0.29, 0.717) is 58.3 Å². The molecule has 3 rings (SSSR count). The third kappa shape index (κ3) is 19.1. The Balaban J connectivity index is 1.66. The highest BCUT2D eigenvalue weighted by atomic mass is 32.1. The van der Waals surface area contributed by atoms with Crippen LogP contribution in [0.3, 0.4) is 0 Å². The molecule has 1 fully saturated rings. The van der Waals surface area contributed by atoms with Crippen LogP contribution >= 0.6 is 11.3 Å². The number of thiazole rings is 1. The summed E-state index contributed by atoms with van der Waals surface area (Å²) in [5, 5.41) is 11.5. The summed E-state index contributed by atoms with van der Waals surface area (Å²) in [4.78, 5) is 92.2. The predicted molar refractivity (Wildman–Crippen MR) is 278 cm³/mol. The summed E-state index contributed by atoms with van der Waals surface area (Å²) in [5.74, 6) is -2.27. The molecule has 2 N–H and O–H groups in total. The Morgan fingerprint density at radius 1 is 0.845 bits per heavy atom. The van der Waals surface area contributed by atoms with E-state index < -0.39 is 36.1 Å². The lowest BCUT2D eigenvalue weighted by Gasteiger charge is -2.41. The number of ketones is 3. The van der Waals surface area contributed by atoms with Crippen LogP contribution in [0.5, 0.6) is 0 Å². The molecule has 2 heterocycles. The van der Waals surface area contributed by atoms with Gasteiger partial charge in [0.15, 0.2) is 5.78 Å². The Kier molecular flexibility index (Phi) is 27.9. The molecular formula is C55H89N5O10S. The van der Waals surface area contributed by atoms with Crippen molar-refractivity contribution in [3.63, 3.8) is 0 Å². The van der Waals surface area contributed by atoms with Gasteiger partial charge in [-0.3, -0.25) is 28.8 Å². The molecule has 1 aromatic heterocycles. The van der Waals surface area contributed by atoms with Gasteiger partial charge >= 0.3 is 0 Å². The van der Waals surface area contributed by atoms with E-state index in [0.717, 1.165) is 42.7 Å². The highest BCUT2D eigenvalue weighted by Gasteiger charge is 2.43. The van der Waals surface area contributed by atoms with Crippen LogP contribution in [0.25, 0.3) is 0 Å². The Bertz CT molecular complexity index is 1900. The smallest absolute Gasteiger partial charge is 0.226 e. The molecule has 400 valence electrons. The molecule has 1 aromatic carbocycles. The summed E-state index contributed by atoms with van der Waals surface area (Å²) in [6.45, 7) is 15.2. The van der Waals surface area contributed by atoms with Crippen molar-refractivity contribution in [1.82, 2.24) is 25.2 Å². The monoisotopic (exact) mass is 1010 g/mol. The number of carbonyl (C=O) groups excluding carboxylic acids is 6. The van der Waals surface area contributed by atoms with E-state index in [1.165, 1.54) is 4.90 Å². The number of unbranched alkanes of at least 4 members (excludes halogenated alkanes) is 3. The molecule has 3 unspecified atom stereocenters. The Hall–Kier alpha value is -3.93. The maximum atomic E-state index is 14.7. The van der Waals surface area contributed by atoms with Gasteiger partial charge in [-0.2, -0.15) is 5.48 Å². The lowest BCUT2D eigenvalue weighted by molar-refractivity contribution is -0.149. The van der Waals surface area contributed by atoms with Crippen LogP contribution in [0.1, 0.15) is 148 Å². The van der Waals surface area contributed by atoms with E-state index in [1.807, 2.05) is 75.5 Å². The molecule has 15 nitrogen and oxygen atoms in total. The number of hydroxylamine groups is 1. The third-order valence-corrected chi connectivity index (χ3v) is 15.6. The number of rotatable bonds is 36. The van der Waals surface area contributed by atoms with Crippen LogP contribution in [0.2, 0.25) is 0 Å². The van der Waals surface area contributed by atoms with Crippen molar-refractivity contribution < 1.29 is 48.2 Å². The second kappa shape index (κ2) is 32.3. The summed E-state index contributed by atoms with van der Waals surface area (Å²) in [5.41, 5.74) is 3.03. The molecule has 0 aliphatic carbocycles. The average Bonchev–Trinajstić information content (AvgIpc) is 4.07. The lowest BCUT2D eigenvalue weighted by atomic mass is 9.83. The molecule has 0 bridgehead atoms. The number of Topliss-reactive ketones (excluding diaryl/α,β-unsaturated/α-hetero) is 3. The zero-order chi connectivity index (χ0) is 52.6. The molecule has 1 saturated heterocycles. The number of benzene rings is 1. The summed E-state index contributed by atoms with van der Waals surface area (Å²) < 4.78 is 18.0. The maximum absolute atomic E-state index is 14.7. The van der Waals surface area contributed by atoms with Gasteiger partial charge in [0, 0.05) is 103 Å². The van der Waals surface area contributed by atoms with Crippen molar-refractivity contribution in [3.05, 3.63) is 52.5 Å². The standard InChI is InChI=1S/C55H89N5O10S/c1-12-39(6)52(59(9)55(66)44(37(2)3)34-47(63)51(38(4)5)58(8)49(64)26-21-30-70-29-19-14-13-18-24-43(61)36-57-67)48(68-10)35-50(65)60-28-20-25-45(60)53(69-11)40(7)46(62)33-42(54-56-27-31-71-54)32-41-22-16-15-17-23-41/h15-17,22-23,27,31,37-40,42,44-45,48,51-53,57,67H,12-14,18-21,24-26,28-30,32-36H2,1-11H3/t39?,40-,42?,44?,45-,48+,51-,52-,53+/m0/s1. The number of likely N-dealkylation sites (tertiary alicyclic amines) is 1. The van der Waals surface area contributed by atoms with E-state index in [1.54, 1.807) is 50.7 Å². The van der Waals surface area contributed by atoms with Gasteiger partial charge in [0.1, 0.15) is 11.6 Å². The summed E-state index contributed by atoms with van der Waals surface area (Å²) in [6, 6.07) is 8.62. The number of hydrogen-bond acceptors (Lipinski definition) is 13. The second-order valence-corrected chi connectivity index (χ2v) is 21.4. The quantitative estimate of drug-likeness (QED) is 0.0492. The minimum Gasteiger partial charge on any atom is -0.381 e. The van der Waals surface area contributed by atoms with E-state index in [9.17, 15) is 28.8 Å². The number of carbonyl (C=O) groups is 6. The molecule has 0 spiro atoms. The van der Waals surface area contributed by atoms with Crippen molar-refractivity contribution in [3.8, 4) is 0 Å². The van der Waals surface area contributed by atoms with Crippen molar-refractivity contribution in [2.75, 3.05) is 54.6 Å². The fraction of sp³-hybridized carbons (Fsp3) is 0.727. The largest absolute Gasteiger partial charge is 0.381 e. The number of methoxy groups -OCH3 is 2. The van der Waals surface area contributed by atoms with Crippen molar-refractivity contribution in [2.45, 2.75) is 175 Å². The third-order valence-electron chi connectivity index (χ3n) is 14.7. The van der Waals surface area contributed by atoms with Crippen LogP contribution in [-0.4, -0.2) is 145 Å². The number of amides is 3. The van der Waals surface area contributed by atoms with Gasteiger partial charge in [0.2, 0.25) is 17.7 Å². The first-order chi connectivity index (χ1) is 33.9. The van der Waals surface area contributed by atoms with Gasteiger partial charge in [-0.15, -0.1) is 11.3 Å². The van der Waals surface area contributed by atoms with Gasteiger partial charge in [-0.1, -0.05) is 98.1 Å². The molecule has 16 heteroatoms. The Morgan fingerprint density at radius 3 is 2.14 bits per heavy atom. The Morgan fingerprint density at radius 2 is 1.54 bits per heavy atom. The van der Waals surface area contributed by atoms with Crippen molar-refractivity contribution >= 4 is 46.4 Å². The first kappa shape index (κ1) is 61.4. The minimum absolute atomic E-state index is 0.0205. The topological polar surface area (TPSA) is 185 Å². The maximum Gasteiger partial charge on any atom is 0.226 e. The summed E-state index contributed by atoms with van der Waals surface area (Å²) in [7, 11) is 6.60. The highest BCUT2D eigenvalue weighted by Crippen LogP contribution is 2.34. The average molecular weight is 1010 g/mol. The zero-order valence-corrected chi connectivity index (χ0v) is 45.8. The van der Waals surface area contributed by atoms with Crippen LogP contribution in [0, 0.1) is 29.6 Å². The van der Waals surface area contributed by atoms with E-state index in [2.05, 4.69) is 24.0 Å². The zero-order valence-electron chi connectivity index (χ0n) is 44.9. The van der Waals surface area contributed by atoms with Gasteiger partial charge in [-0.05, 0) is 61.8 Å². The number of aromatic nitrogens is 1. The van der Waals surface area contributed by atoms with E-state index >= 15 is 0 Å². The molecular weight excluding hydrogens is 923 g/mol. The number of ether oxygens (including phenoxy) is 3. The molecule has 3 amide bonds. The number of hydrogen-bond donors (Lipinski definition) is 2. The van der Waals surface area contributed by atoms with Gasteiger partial charge in [-0.25, -0.2) is 4.98 Å². The van der Waals surface area contributed by atoms with Gasteiger partial charge in [0.05, 0.1) is 48.3 Å². The van der Waals surface area contributed by atoms with Crippen molar-refractivity contribution in [2.24, 2.45) is 29.6 Å². The number of likely N-dealkylation sites (N-methyl/N-ethyl adjacent to an activating group) is 2. The number of nitrogens with one attached hydrogen (secondary N) is 1. The molecule has 71 heavy (non-hydrogen) atoms. The normalized spacial score (nSPS) is 17.3. The fourth-order valence-electron chi connectivity index (χ4n) is 10.4. The molecule has 1 aliphatic heterocycles. The van der Waals surface area contributed by atoms with Gasteiger partial charge in [0.25, 0.3) is 0 Å². The SMILES string of the molecule is CCC(C)[C@@H]([C@@H](CC(=O)N1CCC[C@H]1[C@H](OC)[C@@H](C)C(=O)CC(Cc1ccccc1)c1nccs1)OC)N(C)C(=O)C(CC(=O)[C@H](C(C)C)N(C)C(=O)CCCOCCCCCCC(=O)CNO)C(C)C. The lowest BCUT2D eigenvalue weighted by Crippen LogP contribution is -2.54. The first-order valence-corrected chi connectivity index (χ1v) is 27.1. The first-order valence-electron chi connectivity index (χ1n) is 26.2. The molecule has 1 aliphatic rings. The van der Waals surface area contributed by atoms with Crippen LogP contribution in [-0.2, 0) is 49.4 Å². The summed E-state index contributed by atoms with van der Waals surface area (Å²) in [6.07, 6.45) is 8.38. The van der Waals surface area contributed by atoms with E-state index in [-0.39, 0.29) is 90.6 Å². The minimum atomic E-state index is -0.714. The summed E-state index contributed by atoms with van der Waals surface area (Å²) >= 11 is 1.56. The van der Waals surface area contributed by atoms with E-state index in [4.69, 9.17) is 19.4 Å². The van der Waals surface area contributed by atoms with Crippen molar-refractivity contribution in [1.29, 1.82) is 0 Å². The number of nitrogens with zero attached hydrogens (tertiary/aromatic N) is 4. The van der Waals surface area contributed by atoms with Crippen LogP contribution in [0.4, 0.5) is 0 Å². The fourth-order valence-corrected chi connectivity index (χ4v) is 11.2. The molecule has 9 atom stereocenters. The second-order valence-electron chi connectivity index (χ2n) is 20.5. The Labute approximate surface area is 429 Å². The van der Waals surface area contributed by atoms with Crippen LogP contribution in [0.15, 0.2) is 41.9 Å². The van der Waals surface area contributed by atoms with Crippen LogP contribution < -0.4 is 5.48 Å². The highest BCUT2D eigenvalue weighted by molar-refractivity contribution is 7.09. The molecule has 0 saturated carbocycles. The molecule has 0 radical (unpaired) electrons. The predicted octanol–water partition coefficient (Wildman–Crippen LogP) is 8.36.